The Hall–Kier alpha value is -2.61. The Kier molecular flexibility index (Phi) is 7.31. The zero-order valence-electron chi connectivity index (χ0n) is 16.1. The number of rotatable bonds is 6. The third kappa shape index (κ3) is 5.72. The smallest absolute Gasteiger partial charge is 0.337 e. The van der Waals surface area contributed by atoms with Crippen molar-refractivity contribution in [3.8, 4) is 11.3 Å². The fourth-order valence-corrected chi connectivity index (χ4v) is 3.55. The van der Waals surface area contributed by atoms with E-state index in [0.29, 0.717) is 26.5 Å². The monoisotopic (exact) mass is 461 g/mol. The number of aryl methyl sites for hydroxylation is 1. The van der Waals surface area contributed by atoms with E-state index in [1.165, 1.54) is 37.1 Å². The number of hydrogen-bond donors (Lipinski definition) is 1. The third-order valence-corrected chi connectivity index (χ3v) is 5.40. The standard InChI is InChI=1S/C21H17Cl2N3O3S/c1-12-9-17(13-3-6-15(22)7-4-13)26-21(24-12)30-11-19(27)25-18-10-14(20(28)29-2)5-8-16(18)23/h3-10H,11H2,1-2H3,(H,25,27). The molecular formula is C21H17Cl2N3O3S. The molecule has 0 aliphatic heterocycles. The number of esters is 1. The van der Waals surface area contributed by atoms with Crippen LogP contribution in [0.2, 0.25) is 10.0 Å². The van der Waals surface area contributed by atoms with Gasteiger partial charge in [0.2, 0.25) is 5.91 Å². The molecule has 0 radical (unpaired) electrons. The molecule has 0 atom stereocenters. The van der Waals surface area contributed by atoms with E-state index in [-0.39, 0.29) is 11.7 Å². The maximum absolute atomic E-state index is 12.4. The number of amides is 1. The van der Waals surface area contributed by atoms with Gasteiger partial charge >= 0.3 is 5.97 Å². The van der Waals surface area contributed by atoms with Crippen molar-refractivity contribution in [2.45, 2.75) is 12.1 Å². The van der Waals surface area contributed by atoms with Crippen molar-refractivity contribution in [3.63, 3.8) is 0 Å². The lowest BCUT2D eigenvalue weighted by molar-refractivity contribution is -0.113. The first-order chi connectivity index (χ1) is 14.4. The van der Waals surface area contributed by atoms with E-state index in [4.69, 9.17) is 23.2 Å². The Morgan fingerprint density at radius 2 is 1.80 bits per heavy atom. The largest absolute Gasteiger partial charge is 0.465 e. The molecule has 0 aliphatic rings. The fourth-order valence-electron chi connectivity index (χ4n) is 2.56. The number of aromatic nitrogens is 2. The minimum Gasteiger partial charge on any atom is -0.465 e. The zero-order valence-corrected chi connectivity index (χ0v) is 18.4. The number of hydrogen-bond acceptors (Lipinski definition) is 6. The number of thioether (sulfide) groups is 1. The molecule has 30 heavy (non-hydrogen) atoms. The van der Waals surface area contributed by atoms with Gasteiger partial charge in [0.05, 0.1) is 34.8 Å². The lowest BCUT2D eigenvalue weighted by atomic mass is 10.1. The van der Waals surface area contributed by atoms with Gasteiger partial charge in [-0.2, -0.15) is 0 Å². The first-order valence-corrected chi connectivity index (χ1v) is 10.5. The molecule has 0 saturated carbocycles. The normalized spacial score (nSPS) is 10.5. The number of halogens is 2. The minimum absolute atomic E-state index is 0.0717. The summed E-state index contributed by atoms with van der Waals surface area (Å²) >= 11 is 13.3. The second kappa shape index (κ2) is 9.93. The Morgan fingerprint density at radius 1 is 1.07 bits per heavy atom. The highest BCUT2D eigenvalue weighted by Crippen LogP contribution is 2.25. The lowest BCUT2D eigenvalue weighted by Crippen LogP contribution is -2.15. The van der Waals surface area contributed by atoms with Crippen molar-refractivity contribution < 1.29 is 14.3 Å². The molecule has 154 valence electrons. The fraction of sp³-hybridized carbons (Fsp3) is 0.143. The summed E-state index contributed by atoms with van der Waals surface area (Å²) in [7, 11) is 1.28. The molecule has 6 nitrogen and oxygen atoms in total. The summed E-state index contributed by atoms with van der Waals surface area (Å²) in [5, 5.41) is 4.14. The molecule has 1 amide bonds. The SMILES string of the molecule is COC(=O)c1ccc(Cl)c(NC(=O)CSc2nc(C)cc(-c3ccc(Cl)cc3)n2)c1. The Morgan fingerprint density at radius 3 is 2.50 bits per heavy atom. The van der Waals surface area contributed by atoms with Crippen molar-refractivity contribution >= 4 is 52.5 Å². The van der Waals surface area contributed by atoms with E-state index in [1.54, 1.807) is 12.1 Å². The van der Waals surface area contributed by atoms with Crippen LogP contribution in [-0.4, -0.2) is 34.7 Å². The van der Waals surface area contributed by atoms with Crippen LogP contribution >= 0.6 is 35.0 Å². The molecule has 0 aliphatic carbocycles. The van der Waals surface area contributed by atoms with Crippen LogP contribution in [-0.2, 0) is 9.53 Å². The molecule has 0 spiro atoms. The number of methoxy groups -OCH3 is 1. The molecular weight excluding hydrogens is 445 g/mol. The average Bonchev–Trinajstić information content (AvgIpc) is 2.73. The molecule has 0 saturated heterocycles. The number of nitrogens with zero attached hydrogens (tertiary/aromatic N) is 2. The van der Waals surface area contributed by atoms with E-state index in [1.807, 2.05) is 25.1 Å². The van der Waals surface area contributed by atoms with E-state index in [0.717, 1.165) is 17.0 Å². The number of carbonyl (C=O) groups is 2. The van der Waals surface area contributed by atoms with Crippen molar-refractivity contribution in [1.29, 1.82) is 0 Å². The second-order valence-corrected chi connectivity index (χ2v) is 7.99. The summed E-state index contributed by atoms with van der Waals surface area (Å²) in [6, 6.07) is 13.7. The van der Waals surface area contributed by atoms with Gasteiger partial charge in [0, 0.05) is 16.3 Å². The van der Waals surface area contributed by atoms with Crippen LogP contribution in [0.1, 0.15) is 16.1 Å². The van der Waals surface area contributed by atoms with E-state index in [2.05, 4.69) is 20.0 Å². The summed E-state index contributed by atoms with van der Waals surface area (Å²) in [5.41, 5.74) is 3.06. The maximum atomic E-state index is 12.4. The quantitative estimate of drug-likeness (QED) is 0.305. The van der Waals surface area contributed by atoms with Crippen LogP contribution in [0.3, 0.4) is 0 Å². The summed E-state index contributed by atoms with van der Waals surface area (Å²) < 4.78 is 4.68. The average molecular weight is 462 g/mol. The lowest BCUT2D eigenvalue weighted by Gasteiger charge is -2.09. The highest BCUT2D eigenvalue weighted by Gasteiger charge is 2.13. The van der Waals surface area contributed by atoms with Crippen LogP contribution < -0.4 is 5.32 Å². The molecule has 3 rings (SSSR count). The summed E-state index contributed by atoms with van der Waals surface area (Å²) in [6.45, 7) is 1.86. The van der Waals surface area contributed by atoms with Gasteiger partial charge in [-0.05, 0) is 43.3 Å². The van der Waals surface area contributed by atoms with Crippen molar-refractivity contribution in [2.75, 3.05) is 18.2 Å². The Labute approximate surface area is 188 Å². The van der Waals surface area contributed by atoms with Gasteiger partial charge in [-0.15, -0.1) is 0 Å². The van der Waals surface area contributed by atoms with Crippen LogP contribution in [0, 0.1) is 6.92 Å². The Balaban J connectivity index is 1.69. The molecule has 1 N–H and O–H groups in total. The third-order valence-electron chi connectivity index (χ3n) is 3.97. The van der Waals surface area contributed by atoms with Gasteiger partial charge in [0.1, 0.15) is 0 Å². The summed E-state index contributed by atoms with van der Waals surface area (Å²) in [4.78, 5) is 33.0. The predicted octanol–water partition coefficient (Wildman–Crippen LogP) is 5.28. The Bertz CT molecular complexity index is 1090. The maximum Gasteiger partial charge on any atom is 0.337 e. The molecule has 9 heteroatoms. The molecule has 0 bridgehead atoms. The highest BCUT2D eigenvalue weighted by atomic mass is 35.5. The summed E-state index contributed by atoms with van der Waals surface area (Å²) in [5.74, 6) is -0.746. The van der Waals surface area contributed by atoms with Gasteiger partial charge in [0.25, 0.3) is 0 Å². The molecule has 0 unspecified atom stereocenters. The molecule has 1 aromatic heterocycles. The molecule has 0 fully saturated rings. The van der Waals surface area contributed by atoms with Crippen LogP contribution in [0.15, 0.2) is 53.7 Å². The van der Waals surface area contributed by atoms with Gasteiger partial charge in [-0.1, -0.05) is 47.1 Å². The van der Waals surface area contributed by atoms with Crippen molar-refractivity contribution in [1.82, 2.24) is 9.97 Å². The predicted molar refractivity (Wildman–Crippen MR) is 119 cm³/mol. The van der Waals surface area contributed by atoms with Crippen LogP contribution in [0.4, 0.5) is 5.69 Å². The van der Waals surface area contributed by atoms with Crippen molar-refractivity contribution in [3.05, 3.63) is 69.8 Å². The van der Waals surface area contributed by atoms with Gasteiger partial charge in [-0.25, -0.2) is 14.8 Å². The van der Waals surface area contributed by atoms with Crippen molar-refractivity contribution in [2.24, 2.45) is 0 Å². The number of nitrogens with one attached hydrogen (secondary N) is 1. The zero-order chi connectivity index (χ0) is 21.7. The van der Waals surface area contributed by atoms with Crippen LogP contribution in [0.25, 0.3) is 11.3 Å². The topological polar surface area (TPSA) is 81.2 Å². The molecule has 1 heterocycles. The van der Waals surface area contributed by atoms with E-state index >= 15 is 0 Å². The molecule has 3 aromatic rings. The molecule has 2 aromatic carbocycles. The first kappa shape index (κ1) is 22.1. The van der Waals surface area contributed by atoms with Gasteiger partial charge < -0.3 is 10.1 Å². The number of anilines is 1. The van der Waals surface area contributed by atoms with Crippen LogP contribution in [0.5, 0.6) is 0 Å². The summed E-state index contributed by atoms with van der Waals surface area (Å²) in [6.07, 6.45) is 0. The number of ether oxygens (including phenoxy) is 1. The number of carbonyl (C=O) groups excluding carboxylic acids is 2. The van der Waals surface area contributed by atoms with E-state index in [9.17, 15) is 9.59 Å². The van der Waals surface area contributed by atoms with Gasteiger partial charge in [-0.3, -0.25) is 4.79 Å². The van der Waals surface area contributed by atoms with Gasteiger partial charge in [0.15, 0.2) is 5.16 Å². The number of benzene rings is 2. The van der Waals surface area contributed by atoms with E-state index < -0.39 is 5.97 Å². The minimum atomic E-state index is -0.514. The highest BCUT2D eigenvalue weighted by molar-refractivity contribution is 7.99. The first-order valence-electron chi connectivity index (χ1n) is 8.78. The second-order valence-electron chi connectivity index (χ2n) is 6.21.